The van der Waals surface area contributed by atoms with Gasteiger partial charge in [0.1, 0.15) is 5.82 Å². The van der Waals surface area contributed by atoms with Gasteiger partial charge in [0, 0.05) is 37.2 Å². The van der Waals surface area contributed by atoms with Crippen LogP contribution in [0.4, 0.5) is 4.39 Å². The fourth-order valence-corrected chi connectivity index (χ4v) is 3.35. The van der Waals surface area contributed by atoms with Crippen LogP contribution < -0.4 is 5.32 Å². The number of hydrogen-bond acceptors (Lipinski definition) is 3. The zero-order valence-corrected chi connectivity index (χ0v) is 13.2. The molecule has 1 aliphatic rings. The number of hydrogen-bond donors (Lipinski definition) is 2. The van der Waals surface area contributed by atoms with Gasteiger partial charge in [-0.05, 0) is 48.1 Å². The van der Waals surface area contributed by atoms with Crippen molar-refractivity contribution in [2.24, 2.45) is 5.92 Å². The molecule has 122 valence electrons. The summed E-state index contributed by atoms with van der Waals surface area (Å²) < 4.78 is 14.4. The Labute approximate surface area is 136 Å². The van der Waals surface area contributed by atoms with E-state index >= 15 is 0 Å². The van der Waals surface area contributed by atoms with E-state index in [2.05, 4.69) is 10.3 Å². The molecule has 1 aromatic carbocycles. The predicted molar refractivity (Wildman–Crippen MR) is 89.3 cm³/mol. The molecule has 0 saturated heterocycles. The molecule has 23 heavy (non-hydrogen) atoms. The Morgan fingerprint density at radius 2 is 1.87 bits per heavy atom. The lowest BCUT2D eigenvalue weighted by Crippen LogP contribution is -2.39. The second-order valence-electron chi connectivity index (χ2n) is 6.26. The number of aliphatic hydroxyl groups is 1. The minimum atomic E-state index is -0.192. The van der Waals surface area contributed by atoms with Gasteiger partial charge in [-0.2, -0.15) is 0 Å². The summed E-state index contributed by atoms with van der Waals surface area (Å²) in [4.78, 5) is 3.98. The number of benzene rings is 1. The Kier molecular flexibility index (Phi) is 5.36. The van der Waals surface area contributed by atoms with Crippen molar-refractivity contribution < 1.29 is 9.50 Å². The van der Waals surface area contributed by atoms with Crippen LogP contribution in [0.25, 0.3) is 11.1 Å². The second kappa shape index (κ2) is 7.66. The summed E-state index contributed by atoms with van der Waals surface area (Å²) in [5.74, 6) is 0.103. The molecule has 0 spiro atoms. The van der Waals surface area contributed by atoms with Crippen molar-refractivity contribution in [3.8, 4) is 11.1 Å². The molecule has 4 heteroatoms. The topological polar surface area (TPSA) is 45.1 Å². The number of pyridine rings is 1. The molecule has 0 aliphatic heterocycles. The van der Waals surface area contributed by atoms with Gasteiger partial charge >= 0.3 is 0 Å². The Morgan fingerprint density at radius 3 is 2.61 bits per heavy atom. The van der Waals surface area contributed by atoms with Crippen LogP contribution >= 0.6 is 0 Å². The van der Waals surface area contributed by atoms with Gasteiger partial charge in [-0.25, -0.2) is 4.39 Å². The average molecular weight is 314 g/mol. The van der Waals surface area contributed by atoms with Gasteiger partial charge in [0.2, 0.25) is 0 Å². The lowest BCUT2D eigenvalue weighted by Gasteiger charge is -2.31. The third-order valence-electron chi connectivity index (χ3n) is 4.77. The van der Waals surface area contributed by atoms with E-state index in [1.54, 1.807) is 18.5 Å². The van der Waals surface area contributed by atoms with E-state index in [1.807, 2.05) is 24.3 Å². The van der Waals surface area contributed by atoms with Gasteiger partial charge in [0.05, 0.1) is 0 Å². The van der Waals surface area contributed by atoms with E-state index in [0.717, 1.165) is 24.0 Å². The van der Waals surface area contributed by atoms with E-state index in [9.17, 15) is 9.50 Å². The maximum Gasteiger partial charge on any atom is 0.128 e. The molecule has 0 radical (unpaired) electrons. The van der Waals surface area contributed by atoms with Crippen molar-refractivity contribution >= 4 is 0 Å². The fraction of sp³-hybridized carbons (Fsp3) is 0.421. The summed E-state index contributed by atoms with van der Waals surface area (Å²) in [6, 6.07) is 9.40. The highest BCUT2D eigenvalue weighted by Crippen LogP contribution is 2.25. The third-order valence-corrected chi connectivity index (χ3v) is 4.77. The molecule has 1 saturated carbocycles. The molecule has 3 rings (SSSR count). The van der Waals surface area contributed by atoms with Crippen molar-refractivity contribution in [2.75, 3.05) is 6.61 Å². The van der Waals surface area contributed by atoms with Gasteiger partial charge in [-0.1, -0.05) is 25.0 Å². The molecular formula is C19H23FN2O. The SMILES string of the molecule is OCC1CCCCC1NCc1ccc(-c2ccncc2)cc1F. The highest BCUT2D eigenvalue weighted by atomic mass is 19.1. The smallest absolute Gasteiger partial charge is 0.128 e. The quantitative estimate of drug-likeness (QED) is 0.887. The molecule has 2 aromatic rings. The van der Waals surface area contributed by atoms with E-state index in [1.165, 1.54) is 12.8 Å². The van der Waals surface area contributed by atoms with Crippen LogP contribution in [0.2, 0.25) is 0 Å². The average Bonchev–Trinajstić information content (AvgIpc) is 2.61. The van der Waals surface area contributed by atoms with Crippen molar-refractivity contribution in [1.29, 1.82) is 0 Å². The Balaban J connectivity index is 1.67. The monoisotopic (exact) mass is 314 g/mol. The predicted octanol–water partition coefficient (Wildman–Crippen LogP) is 3.53. The Hall–Kier alpha value is -1.78. The number of nitrogens with zero attached hydrogens (tertiary/aromatic N) is 1. The van der Waals surface area contributed by atoms with Gasteiger partial charge < -0.3 is 10.4 Å². The first-order valence-electron chi connectivity index (χ1n) is 8.31. The molecule has 1 aliphatic carbocycles. The van der Waals surface area contributed by atoms with Crippen LogP contribution in [-0.4, -0.2) is 22.7 Å². The minimum Gasteiger partial charge on any atom is -0.396 e. The third kappa shape index (κ3) is 3.95. The zero-order chi connectivity index (χ0) is 16.1. The fourth-order valence-electron chi connectivity index (χ4n) is 3.35. The molecule has 0 bridgehead atoms. The summed E-state index contributed by atoms with van der Waals surface area (Å²) in [5, 5.41) is 12.9. The summed E-state index contributed by atoms with van der Waals surface area (Å²) in [6.07, 6.45) is 7.89. The number of aliphatic hydroxyl groups excluding tert-OH is 1. The number of aromatic nitrogens is 1. The lowest BCUT2D eigenvalue weighted by molar-refractivity contribution is 0.152. The maximum absolute atomic E-state index is 14.4. The minimum absolute atomic E-state index is 0.192. The lowest BCUT2D eigenvalue weighted by atomic mass is 9.85. The molecule has 3 nitrogen and oxygen atoms in total. The van der Waals surface area contributed by atoms with Crippen LogP contribution in [0, 0.1) is 11.7 Å². The first-order chi connectivity index (χ1) is 11.3. The Morgan fingerprint density at radius 1 is 1.09 bits per heavy atom. The normalized spacial score (nSPS) is 21.3. The van der Waals surface area contributed by atoms with Crippen molar-refractivity contribution in [1.82, 2.24) is 10.3 Å². The van der Waals surface area contributed by atoms with E-state index in [0.29, 0.717) is 18.0 Å². The molecule has 1 fully saturated rings. The molecule has 1 heterocycles. The van der Waals surface area contributed by atoms with Crippen LogP contribution in [0.1, 0.15) is 31.2 Å². The van der Waals surface area contributed by atoms with Crippen LogP contribution in [0.3, 0.4) is 0 Å². The van der Waals surface area contributed by atoms with Crippen molar-refractivity contribution in [3.05, 3.63) is 54.1 Å². The molecule has 2 unspecified atom stereocenters. The Bertz CT molecular complexity index is 633. The molecule has 2 atom stereocenters. The van der Waals surface area contributed by atoms with Crippen LogP contribution in [0.5, 0.6) is 0 Å². The second-order valence-corrected chi connectivity index (χ2v) is 6.26. The summed E-state index contributed by atoms with van der Waals surface area (Å²) in [6.45, 7) is 0.713. The number of halogens is 1. The van der Waals surface area contributed by atoms with Gasteiger partial charge in [0.25, 0.3) is 0 Å². The highest BCUT2D eigenvalue weighted by molar-refractivity contribution is 5.63. The van der Waals surface area contributed by atoms with Crippen molar-refractivity contribution in [2.45, 2.75) is 38.3 Å². The molecule has 2 N–H and O–H groups in total. The molecular weight excluding hydrogens is 291 g/mol. The van der Waals surface area contributed by atoms with Gasteiger partial charge in [-0.3, -0.25) is 4.98 Å². The first kappa shape index (κ1) is 16.1. The van der Waals surface area contributed by atoms with Crippen molar-refractivity contribution in [3.63, 3.8) is 0 Å². The zero-order valence-electron chi connectivity index (χ0n) is 13.2. The first-order valence-corrected chi connectivity index (χ1v) is 8.31. The van der Waals surface area contributed by atoms with Gasteiger partial charge in [0.15, 0.2) is 0 Å². The summed E-state index contributed by atoms with van der Waals surface area (Å²) in [5.41, 5.74) is 2.50. The van der Waals surface area contributed by atoms with Gasteiger partial charge in [-0.15, -0.1) is 0 Å². The number of rotatable bonds is 5. The van der Waals surface area contributed by atoms with E-state index in [-0.39, 0.29) is 18.5 Å². The molecule has 0 amide bonds. The number of nitrogens with one attached hydrogen (secondary N) is 1. The van der Waals surface area contributed by atoms with Crippen LogP contribution in [0.15, 0.2) is 42.7 Å². The largest absolute Gasteiger partial charge is 0.396 e. The van der Waals surface area contributed by atoms with E-state index < -0.39 is 0 Å². The standard InChI is InChI=1S/C19H23FN2O/c20-18-11-15(14-7-9-21-10-8-14)5-6-16(18)12-22-19-4-2-1-3-17(19)13-23/h5-11,17,19,22-23H,1-4,12-13H2. The van der Waals surface area contributed by atoms with Crippen LogP contribution in [-0.2, 0) is 6.54 Å². The summed E-state index contributed by atoms with van der Waals surface area (Å²) >= 11 is 0. The maximum atomic E-state index is 14.4. The molecule has 1 aromatic heterocycles. The highest BCUT2D eigenvalue weighted by Gasteiger charge is 2.24. The summed E-state index contributed by atoms with van der Waals surface area (Å²) in [7, 11) is 0. The van der Waals surface area contributed by atoms with E-state index in [4.69, 9.17) is 0 Å².